The second kappa shape index (κ2) is 5.84. The van der Waals surface area contributed by atoms with Crippen LogP contribution in [0.5, 0.6) is 0 Å². The maximum absolute atomic E-state index is 9.82. The number of nitrogen functional groups attached to an aromatic ring is 1. The van der Waals surface area contributed by atoms with Gasteiger partial charge in [-0.15, -0.1) is 11.8 Å². The maximum Gasteiger partial charge on any atom is 0.126 e. The fourth-order valence-corrected chi connectivity index (χ4v) is 3.21. The van der Waals surface area contributed by atoms with Gasteiger partial charge < -0.3 is 15.7 Å². The number of benzene rings is 1. The van der Waals surface area contributed by atoms with Gasteiger partial charge in [-0.3, -0.25) is 5.41 Å². The zero-order chi connectivity index (χ0) is 14.0. The third kappa shape index (κ3) is 2.87. The fourth-order valence-electron chi connectivity index (χ4n) is 2.58. The Balaban J connectivity index is 2.37. The highest BCUT2D eigenvalue weighted by Crippen LogP contribution is 2.32. The molecule has 1 aromatic rings. The zero-order valence-electron chi connectivity index (χ0n) is 11.4. The highest BCUT2D eigenvalue weighted by molar-refractivity contribution is 7.98. The second-order valence-corrected chi connectivity index (χ2v) is 5.90. The van der Waals surface area contributed by atoms with E-state index in [2.05, 4.69) is 11.8 Å². The number of hydrogen-bond acceptors (Lipinski definition) is 4. The maximum atomic E-state index is 9.82. The van der Waals surface area contributed by atoms with Gasteiger partial charge in [0, 0.05) is 23.7 Å². The van der Waals surface area contributed by atoms with Crippen LogP contribution in [-0.4, -0.2) is 36.4 Å². The number of aliphatic hydroxyl groups is 1. The van der Waals surface area contributed by atoms with Crippen LogP contribution in [0, 0.1) is 11.3 Å². The van der Waals surface area contributed by atoms with Crippen LogP contribution in [-0.2, 0) is 0 Å². The fraction of sp³-hybridized carbons (Fsp3) is 0.500. The molecule has 0 radical (unpaired) electrons. The van der Waals surface area contributed by atoms with Crippen LogP contribution in [0.4, 0.5) is 5.69 Å². The highest BCUT2D eigenvalue weighted by atomic mass is 32.2. The number of piperidine rings is 1. The van der Waals surface area contributed by atoms with Crippen molar-refractivity contribution >= 4 is 23.3 Å². The average Bonchev–Trinajstić information content (AvgIpc) is 2.40. The molecule has 4 nitrogen and oxygen atoms in total. The first-order chi connectivity index (χ1) is 9.04. The SMILES string of the molecule is CSc1cccc(N2CCC(O)C(C)C2)c1C(=N)N. The summed E-state index contributed by atoms with van der Waals surface area (Å²) in [5.74, 6) is 0.352. The van der Waals surface area contributed by atoms with E-state index < -0.39 is 0 Å². The molecule has 5 heteroatoms. The van der Waals surface area contributed by atoms with Crippen molar-refractivity contribution in [2.75, 3.05) is 24.2 Å². The van der Waals surface area contributed by atoms with E-state index >= 15 is 0 Å². The Morgan fingerprint density at radius 2 is 2.26 bits per heavy atom. The lowest BCUT2D eigenvalue weighted by molar-refractivity contribution is 0.0971. The number of anilines is 1. The minimum atomic E-state index is -0.222. The minimum absolute atomic E-state index is 0.110. The van der Waals surface area contributed by atoms with Crippen molar-refractivity contribution in [1.29, 1.82) is 5.41 Å². The van der Waals surface area contributed by atoms with E-state index in [0.29, 0.717) is 0 Å². The standard InChI is InChI=1S/C14H21N3OS/c1-9-8-17(7-6-11(9)18)10-4-3-5-12(19-2)13(10)14(15)16/h3-5,9,11,18H,6-8H2,1-2H3,(H3,15,16). The van der Waals surface area contributed by atoms with Crippen molar-refractivity contribution in [3.63, 3.8) is 0 Å². The molecular weight excluding hydrogens is 258 g/mol. The Bertz CT molecular complexity index is 478. The van der Waals surface area contributed by atoms with Crippen molar-refractivity contribution in [3.05, 3.63) is 23.8 Å². The molecule has 1 heterocycles. The van der Waals surface area contributed by atoms with Crippen LogP contribution in [0.2, 0.25) is 0 Å². The summed E-state index contributed by atoms with van der Waals surface area (Å²) in [6.07, 6.45) is 2.54. The Hall–Kier alpha value is -1.20. The summed E-state index contributed by atoms with van der Waals surface area (Å²) >= 11 is 1.61. The third-order valence-electron chi connectivity index (χ3n) is 3.69. The molecule has 1 saturated heterocycles. The quantitative estimate of drug-likeness (QED) is 0.449. The van der Waals surface area contributed by atoms with E-state index in [0.717, 1.165) is 35.7 Å². The Morgan fingerprint density at radius 1 is 1.53 bits per heavy atom. The van der Waals surface area contributed by atoms with Gasteiger partial charge in [0.25, 0.3) is 0 Å². The summed E-state index contributed by atoms with van der Waals surface area (Å²) in [6, 6.07) is 6.01. The van der Waals surface area contributed by atoms with Crippen molar-refractivity contribution in [1.82, 2.24) is 0 Å². The number of nitrogens with two attached hydrogens (primary N) is 1. The van der Waals surface area contributed by atoms with Crippen LogP contribution < -0.4 is 10.6 Å². The average molecular weight is 279 g/mol. The van der Waals surface area contributed by atoms with Crippen LogP contribution in [0.25, 0.3) is 0 Å². The number of nitrogens with zero attached hydrogens (tertiary/aromatic N) is 1. The smallest absolute Gasteiger partial charge is 0.126 e. The molecular formula is C14H21N3OS. The number of amidine groups is 1. The normalized spacial score (nSPS) is 23.4. The van der Waals surface area contributed by atoms with Gasteiger partial charge >= 0.3 is 0 Å². The summed E-state index contributed by atoms with van der Waals surface area (Å²) < 4.78 is 0. The van der Waals surface area contributed by atoms with Gasteiger partial charge in [0.05, 0.1) is 11.7 Å². The predicted octanol–water partition coefficient (Wildman–Crippen LogP) is 1.90. The van der Waals surface area contributed by atoms with Crippen molar-refractivity contribution in [2.45, 2.75) is 24.3 Å². The topological polar surface area (TPSA) is 73.3 Å². The van der Waals surface area contributed by atoms with Crippen LogP contribution in [0.3, 0.4) is 0 Å². The molecule has 2 unspecified atom stereocenters. The molecule has 0 bridgehead atoms. The molecule has 1 aromatic carbocycles. The van der Waals surface area contributed by atoms with Gasteiger partial charge in [-0.05, 0) is 30.7 Å². The Labute approximate surface area is 118 Å². The highest BCUT2D eigenvalue weighted by Gasteiger charge is 2.26. The molecule has 1 aliphatic rings. The van der Waals surface area contributed by atoms with Crippen molar-refractivity contribution in [2.24, 2.45) is 11.7 Å². The molecule has 0 aliphatic carbocycles. The lowest BCUT2D eigenvalue weighted by Crippen LogP contribution is -2.42. The molecule has 0 saturated carbocycles. The molecule has 1 aliphatic heterocycles. The monoisotopic (exact) mass is 279 g/mol. The van der Waals surface area contributed by atoms with Gasteiger partial charge in [0.2, 0.25) is 0 Å². The molecule has 4 N–H and O–H groups in total. The molecule has 104 valence electrons. The van der Waals surface area contributed by atoms with Crippen LogP contribution >= 0.6 is 11.8 Å². The lowest BCUT2D eigenvalue weighted by atomic mass is 9.95. The summed E-state index contributed by atoms with van der Waals surface area (Å²) in [6.45, 7) is 3.67. The van der Waals surface area contributed by atoms with Crippen molar-refractivity contribution in [3.8, 4) is 0 Å². The number of hydrogen-bond donors (Lipinski definition) is 3. The van der Waals surface area contributed by atoms with E-state index in [9.17, 15) is 5.11 Å². The molecule has 0 amide bonds. The summed E-state index contributed by atoms with van der Waals surface area (Å²) in [7, 11) is 0. The number of aliphatic hydroxyl groups excluding tert-OH is 1. The summed E-state index contributed by atoms with van der Waals surface area (Å²) in [4.78, 5) is 3.26. The predicted molar refractivity (Wildman–Crippen MR) is 81.2 cm³/mol. The molecule has 2 atom stereocenters. The molecule has 2 rings (SSSR count). The Morgan fingerprint density at radius 3 is 2.84 bits per heavy atom. The van der Waals surface area contributed by atoms with E-state index in [-0.39, 0.29) is 17.9 Å². The third-order valence-corrected chi connectivity index (χ3v) is 4.47. The summed E-state index contributed by atoms with van der Waals surface area (Å²) in [5.41, 5.74) is 7.58. The minimum Gasteiger partial charge on any atom is -0.393 e. The van der Waals surface area contributed by atoms with Crippen LogP contribution in [0.1, 0.15) is 18.9 Å². The van der Waals surface area contributed by atoms with Gasteiger partial charge in [-0.25, -0.2) is 0 Å². The van der Waals surface area contributed by atoms with Gasteiger partial charge in [0.15, 0.2) is 0 Å². The number of thioether (sulfide) groups is 1. The first-order valence-electron chi connectivity index (χ1n) is 6.49. The molecule has 0 spiro atoms. The van der Waals surface area contributed by atoms with Gasteiger partial charge in [-0.1, -0.05) is 13.0 Å². The number of rotatable bonds is 3. The van der Waals surface area contributed by atoms with Gasteiger partial charge in [0.1, 0.15) is 5.84 Å². The first-order valence-corrected chi connectivity index (χ1v) is 7.71. The first kappa shape index (κ1) is 14.2. The molecule has 19 heavy (non-hydrogen) atoms. The Kier molecular flexibility index (Phi) is 4.37. The van der Waals surface area contributed by atoms with Crippen LogP contribution in [0.15, 0.2) is 23.1 Å². The lowest BCUT2D eigenvalue weighted by Gasteiger charge is -2.37. The second-order valence-electron chi connectivity index (χ2n) is 5.05. The van der Waals surface area contributed by atoms with Gasteiger partial charge in [-0.2, -0.15) is 0 Å². The van der Waals surface area contributed by atoms with Crippen molar-refractivity contribution < 1.29 is 5.11 Å². The zero-order valence-corrected chi connectivity index (χ0v) is 12.2. The largest absolute Gasteiger partial charge is 0.393 e. The van der Waals surface area contributed by atoms with E-state index in [1.807, 2.05) is 24.5 Å². The van der Waals surface area contributed by atoms with E-state index in [1.165, 1.54) is 0 Å². The summed E-state index contributed by atoms with van der Waals surface area (Å²) in [5, 5.41) is 17.6. The molecule has 1 fully saturated rings. The molecule has 0 aromatic heterocycles. The van der Waals surface area contributed by atoms with E-state index in [1.54, 1.807) is 11.8 Å². The number of nitrogens with one attached hydrogen (secondary N) is 1. The van der Waals surface area contributed by atoms with E-state index in [4.69, 9.17) is 11.1 Å².